The Hall–Kier alpha value is -1.88. The van der Waals surface area contributed by atoms with Gasteiger partial charge in [-0.2, -0.15) is 0 Å². The summed E-state index contributed by atoms with van der Waals surface area (Å²) in [6.45, 7) is 6.89. The van der Waals surface area contributed by atoms with Gasteiger partial charge in [0.15, 0.2) is 0 Å². The second-order valence-corrected chi connectivity index (χ2v) is 6.31. The molecule has 5 heteroatoms. The van der Waals surface area contributed by atoms with Gasteiger partial charge in [-0.25, -0.2) is 0 Å². The lowest BCUT2D eigenvalue weighted by molar-refractivity contribution is -0.140. The number of hydrogen-bond donors (Lipinski definition) is 1. The number of nitrogens with zero attached hydrogens (tertiary/aromatic N) is 2. The SMILES string of the molecule is Cc1ccc(N2CC[C@@H](C(=O)N3CCN[C@H](C)C3)C2=O)cc1. The van der Waals surface area contributed by atoms with E-state index in [1.165, 1.54) is 0 Å². The number of piperazine rings is 1. The van der Waals surface area contributed by atoms with Crippen LogP contribution in [0.1, 0.15) is 18.9 Å². The van der Waals surface area contributed by atoms with Gasteiger partial charge in [-0.05, 0) is 32.4 Å². The zero-order valence-corrected chi connectivity index (χ0v) is 13.2. The molecule has 2 aliphatic rings. The van der Waals surface area contributed by atoms with Crippen molar-refractivity contribution in [1.82, 2.24) is 10.2 Å². The van der Waals surface area contributed by atoms with Crippen LogP contribution in [0.15, 0.2) is 24.3 Å². The largest absolute Gasteiger partial charge is 0.339 e. The summed E-state index contributed by atoms with van der Waals surface area (Å²) in [5.41, 5.74) is 2.05. The molecule has 2 heterocycles. The molecule has 2 amide bonds. The highest BCUT2D eigenvalue weighted by Crippen LogP contribution is 2.27. The lowest BCUT2D eigenvalue weighted by Crippen LogP contribution is -2.53. The molecule has 118 valence electrons. The highest BCUT2D eigenvalue weighted by molar-refractivity contribution is 6.09. The number of nitrogens with one attached hydrogen (secondary N) is 1. The molecule has 3 rings (SSSR count). The van der Waals surface area contributed by atoms with Gasteiger partial charge in [0, 0.05) is 37.9 Å². The third-order valence-corrected chi connectivity index (χ3v) is 4.53. The van der Waals surface area contributed by atoms with E-state index in [1.54, 1.807) is 4.90 Å². The summed E-state index contributed by atoms with van der Waals surface area (Å²) < 4.78 is 0. The molecule has 22 heavy (non-hydrogen) atoms. The van der Waals surface area contributed by atoms with Crippen molar-refractivity contribution < 1.29 is 9.59 Å². The maximum atomic E-state index is 12.6. The van der Waals surface area contributed by atoms with Gasteiger partial charge in [0.2, 0.25) is 11.8 Å². The molecule has 2 aliphatic heterocycles. The van der Waals surface area contributed by atoms with Crippen molar-refractivity contribution in [1.29, 1.82) is 0 Å². The van der Waals surface area contributed by atoms with Gasteiger partial charge in [-0.1, -0.05) is 17.7 Å². The Balaban J connectivity index is 1.70. The van der Waals surface area contributed by atoms with E-state index in [-0.39, 0.29) is 11.8 Å². The lowest BCUT2D eigenvalue weighted by atomic mass is 10.1. The van der Waals surface area contributed by atoms with Crippen molar-refractivity contribution in [3.63, 3.8) is 0 Å². The summed E-state index contributed by atoms with van der Waals surface area (Å²) in [4.78, 5) is 28.8. The summed E-state index contributed by atoms with van der Waals surface area (Å²) in [5, 5.41) is 3.32. The zero-order chi connectivity index (χ0) is 15.7. The van der Waals surface area contributed by atoms with Crippen LogP contribution < -0.4 is 10.2 Å². The van der Waals surface area contributed by atoms with Crippen LogP contribution in [0, 0.1) is 12.8 Å². The number of carbonyl (C=O) groups excluding carboxylic acids is 2. The number of carbonyl (C=O) groups is 2. The Morgan fingerprint density at radius 1 is 1.23 bits per heavy atom. The summed E-state index contributed by atoms with van der Waals surface area (Å²) >= 11 is 0. The Morgan fingerprint density at radius 3 is 2.64 bits per heavy atom. The Bertz CT molecular complexity index is 570. The molecule has 0 aromatic heterocycles. The summed E-state index contributed by atoms with van der Waals surface area (Å²) in [6, 6.07) is 8.19. The highest BCUT2D eigenvalue weighted by Gasteiger charge is 2.40. The molecule has 1 aromatic rings. The molecule has 0 unspecified atom stereocenters. The summed E-state index contributed by atoms with van der Waals surface area (Å²) in [7, 11) is 0. The van der Waals surface area contributed by atoms with E-state index in [0.29, 0.717) is 32.1 Å². The number of amides is 2. The molecule has 0 radical (unpaired) electrons. The van der Waals surface area contributed by atoms with Gasteiger partial charge in [-0.15, -0.1) is 0 Å². The minimum Gasteiger partial charge on any atom is -0.339 e. The zero-order valence-electron chi connectivity index (χ0n) is 13.2. The monoisotopic (exact) mass is 301 g/mol. The average Bonchev–Trinajstić information content (AvgIpc) is 2.89. The molecule has 2 saturated heterocycles. The molecular weight excluding hydrogens is 278 g/mol. The number of benzene rings is 1. The van der Waals surface area contributed by atoms with E-state index in [4.69, 9.17) is 0 Å². The quantitative estimate of drug-likeness (QED) is 0.834. The molecule has 1 aromatic carbocycles. The average molecular weight is 301 g/mol. The molecule has 0 saturated carbocycles. The number of anilines is 1. The van der Waals surface area contributed by atoms with Gasteiger partial charge in [0.25, 0.3) is 0 Å². The number of aryl methyl sites for hydroxylation is 1. The van der Waals surface area contributed by atoms with Gasteiger partial charge < -0.3 is 15.1 Å². The second kappa shape index (κ2) is 6.08. The maximum Gasteiger partial charge on any atom is 0.239 e. The summed E-state index contributed by atoms with van der Waals surface area (Å²) in [6.07, 6.45) is 0.615. The van der Waals surface area contributed by atoms with Crippen molar-refractivity contribution in [2.75, 3.05) is 31.1 Å². The minimum absolute atomic E-state index is 0.00652. The molecule has 2 fully saturated rings. The van der Waals surface area contributed by atoms with E-state index >= 15 is 0 Å². The van der Waals surface area contributed by atoms with Gasteiger partial charge in [-0.3, -0.25) is 9.59 Å². The third-order valence-electron chi connectivity index (χ3n) is 4.53. The predicted molar refractivity (Wildman–Crippen MR) is 85.7 cm³/mol. The van der Waals surface area contributed by atoms with Gasteiger partial charge in [0.05, 0.1) is 0 Å². The first kappa shape index (κ1) is 15.0. The molecule has 1 N–H and O–H groups in total. The summed E-state index contributed by atoms with van der Waals surface area (Å²) in [5.74, 6) is -0.570. The smallest absolute Gasteiger partial charge is 0.239 e. The number of rotatable bonds is 2. The van der Waals surface area contributed by atoms with Crippen LogP contribution in [0.2, 0.25) is 0 Å². The topological polar surface area (TPSA) is 52.7 Å². The van der Waals surface area contributed by atoms with E-state index in [9.17, 15) is 9.59 Å². The Labute approximate surface area is 131 Å². The molecule has 0 bridgehead atoms. The Morgan fingerprint density at radius 2 is 1.95 bits per heavy atom. The van der Waals surface area contributed by atoms with Crippen LogP contribution in [0.25, 0.3) is 0 Å². The minimum atomic E-state index is -0.508. The van der Waals surface area contributed by atoms with Gasteiger partial charge in [0.1, 0.15) is 5.92 Å². The van der Waals surface area contributed by atoms with Crippen LogP contribution >= 0.6 is 0 Å². The van der Waals surface area contributed by atoms with Gasteiger partial charge >= 0.3 is 0 Å². The van der Waals surface area contributed by atoms with Crippen LogP contribution in [0.5, 0.6) is 0 Å². The van der Waals surface area contributed by atoms with Crippen molar-refractivity contribution in [3.05, 3.63) is 29.8 Å². The fraction of sp³-hybridized carbons (Fsp3) is 0.529. The molecule has 0 spiro atoms. The normalized spacial score (nSPS) is 25.6. The molecule has 5 nitrogen and oxygen atoms in total. The van der Waals surface area contributed by atoms with Crippen LogP contribution in [0.3, 0.4) is 0 Å². The van der Waals surface area contributed by atoms with E-state index < -0.39 is 5.92 Å². The van der Waals surface area contributed by atoms with E-state index in [1.807, 2.05) is 36.1 Å². The Kier molecular flexibility index (Phi) is 4.16. The van der Waals surface area contributed by atoms with E-state index in [0.717, 1.165) is 17.8 Å². The predicted octanol–water partition coefficient (Wildman–Crippen LogP) is 1.17. The van der Waals surface area contributed by atoms with Crippen LogP contribution in [-0.2, 0) is 9.59 Å². The van der Waals surface area contributed by atoms with Crippen LogP contribution in [-0.4, -0.2) is 48.9 Å². The molecule has 2 atom stereocenters. The van der Waals surface area contributed by atoms with Crippen molar-refractivity contribution in [2.24, 2.45) is 5.92 Å². The van der Waals surface area contributed by atoms with Crippen LogP contribution in [0.4, 0.5) is 5.69 Å². The first-order chi connectivity index (χ1) is 10.6. The second-order valence-electron chi connectivity index (χ2n) is 6.31. The van der Waals surface area contributed by atoms with Crippen molar-refractivity contribution in [2.45, 2.75) is 26.3 Å². The fourth-order valence-electron chi connectivity index (χ4n) is 3.24. The maximum absolute atomic E-state index is 12.6. The fourth-order valence-corrected chi connectivity index (χ4v) is 3.24. The van der Waals surface area contributed by atoms with E-state index in [2.05, 4.69) is 12.2 Å². The highest BCUT2D eigenvalue weighted by atomic mass is 16.2. The lowest BCUT2D eigenvalue weighted by Gasteiger charge is -2.33. The third kappa shape index (κ3) is 2.86. The first-order valence-electron chi connectivity index (χ1n) is 7.96. The standard InChI is InChI=1S/C17H23N3O2/c1-12-3-5-14(6-4-12)20-9-7-15(17(20)22)16(21)19-10-8-18-13(2)11-19/h3-6,13,15,18H,7-11H2,1-2H3/t13-,15+/m1/s1. The number of hydrogen-bond acceptors (Lipinski definition) is 3. The molecule has 0 aliphatic carbocycles. The van der Waals surface area contributed by atoms with Crippen molar-refractivity contribution in [3.8, 4) is 0 Å². The molecular formula is C17H23N3O2. The van der Waals surface area contributed by atoms with Crippen molar-refractivity contribution >= 4 is 17.5 Å². The first-order valence-corrected chi connectivity index (χ1v) is 7.96.